The van der Waals surface area contributed by atoms with E-state index in [4.69, 9.17) is 4.42 Å². The number of aromatic nitrogens is 2. The highest BCUT2D eigenvalue weighted by Crippen LogP contribution is 2.16. The number of hydrogen-bond acceptors (Lipinski definition) is 2. The molecule has 0 aliphatic rings. The summed E-state index contributed by atoms with van der Waals surface area (Å²) < 4.78 is 5.15. The average Bonchev–Trinajstić information content (AvgIpc) is 2.77. The lowest BCUT2D eigenvalue weighted by Crippen LogP contribution is -1.71. The zero-order chi connectivity index (χ0) is 9.68. The van der Waals surface area contributed by atoms with Crippen LogP contribution in [0, 0.1) is 6.92 Å². The molecule has 0 aromatic carbocycles. The van der Waals surface area contributed by atoms with E-state index in [1.165, 1.54) is 0 Å². The summed E-state index contributed by atoms with van der Waals surface area (Å²) >= 11 is 0. The second-order valence-electron chi connectivity index (χ2n) is 2.41. The molecule has 0 amide bonds. The maximum absolute atomic E-state index is 5.15. The van der Waals surface area contributed by atoms with Crippen molar-refractivity contribution in [1.29, 1.82) is 0 Å². The van der Waals surface area contributed by atoms with Crippen LogP contribution in [0.15, 0.2) is 28.9 Å². The Morgan fingerprint density at radius 2 is 2.15 bits per heavy atom. The molecule has 0 unspecified atom stereocenters. The highest BCUT2D eigenvalue weighted by Gasteiger charge is 2.02. The van der Waals surface area contributed by atoms with Crippen LogP contribution in [-0.2, 0) is 0 Å². The molecule has 70 valence electrons. The number of aromatic amines is 1. The first-order valence-corrected chi connectivity index (χ1v) is 4.42. The van der Waals surface area contributed by atoms with Gasteiger partial charge >= 0.3 is 0 Å². The molecule has 2 aromatic rings. The Morgan fingerprint density at radius 3 is 2.62 bits per heavy atom. The summed E-state index contributed by atoms with van der Waals surface area (Å²) in [5, 5.41) is 6.89. The van der Waals surface area contributed by atoms with Crippen LogP contribution < -0.4 is 0 Å². The summed E-state index contributed by atoms with van der Waals surface area (Å²) in [5.41, 5.74) is 1.89. The Hall–Kier alpha value is -1.51. The molecule has 3 nitrogen and oxygen atoms in total. The van der Waals surface area contributed by atoms with Gasteiger partial charge in [0, 0.05) is 5.69 Å². The van der Waals surface area contributed by atoms with E-state index in [0.717, 1.165) is 17.1 Å². The van der Waals surface area contributed by atoms with Crippen LogP contribution in [0.25, 0.3) is 11.5 Å². The Balaban J connectivity index is 0.000000396. The molecule has 0 aliphatic heterocycles. The van der Waals surface area contributed by atoms with Gasteiger partial charge in [-0.1, -0.05) is 13.8 Å². The number of aryl methyl sites for hydroxylation is 1. The fourth-order valence-electron chi connectivity index (χ4n) is 0.969. The summed E-state index contributed by atoms with van der Waals surface area (Å²) in [6.45, 7) is 5.96. The van der Waals surface area contributed by atoms with E-state index in [9.17, 15) is 0 Å². The Morgan fingerprint density at radius 1 is 1.38 bits per heavy atom. The summed E-state index contributed by atoms with van der Waals surface area (Å²) in [5.74, 6) is 0.800. The first-order chi connectivity index (χ1) is 6.36. The van der Waals surface area contributed by atoms with Crippen LogP contribution in [-0.4, -0.2) is 10.2 Å². The minimum Gasteiger partial charge on any atom is -0.463 e. The fraction of sp³-hybridized carbons (Fsp3) is 0.300. The normalized spacial score (nSPS) is 9.15. The zero-order valence-corrected chi connectivity index (χ0v) is 8.16. The van der Waals surface area contributed by atoms with Gasteiger partial charge in [-0.05, 0) is 25.1 Å². The van der Waals surface area contributed by atoms with Crippen LogP contribution in [0.5, 0.6) is 0 Å². The van der Waals surface area contributed by atoms with Gasteiger partial charge in [0.2, 0.25) is 0 Å². The quantitative estimate of drug-likeness (QED) is 0.729. The fourth-order valence-corrected chi connectivity index (χ4v) is 0.969. The van der Waals surface area contributed by atoms with Gasteiger partial charge in [-0.2, -0.15) is 5.10 Å². The van der Waals surface area contributed by atoms with E-state index in [1.54, 1.807) is 6.26 Å². The summed E-state index contributed by atoms with van der Waals surface area (Å²) in [7, 11) is 0. The molecule has 0 atom stereocenters. The van der Waals surface area contributed by atoms with Crippen LogP contribution in [0.4, 0.5) is 0 Å². The molecule has 1 N–H and O–H groups in total. The van der Waals surface area contributed by atoms with E-state index in [0.29, 0.717) is 0 Å². The highest BCUT2D eigenvalue weighted by molar-refractivity contribution is 5.51. The number of H-pyrrole nitrogens is 1. The average molecular weight is 178 g/mol. The molecular formula is C10H14N2O. The van der Waals surface area contributed by atoms with Crippen molar-refractivity contribution in [3.63, 3.8) is 0 Å². The molecule has 2 aromatic heterocycles. The van der Waals surface area contributed by atoms with Crippen LogP contribution in [0.3, 0.4) is 0 Å². The van der Waals surface area contributed by atoms with Crippen molar-refractivity contribution in [2.24, 2.45) is 0 Å². The second-order valence-corrected chi connectivity index (χ2v) is 2.41. The Kier molecular flexibility index (Phi) is 3.31. The molecule has 2 heterocycles. The summed E-state index contributed by atoms with van der Waals surface area (Å²) in [4.78, 5) is 0. The highest BCUT2D eigenvalue weighted by atomic mass is 16.3. The maximum atomic E-state index is 5.15. The van der Waals surface area contributed by atoms with Gasteiger partial charge in [0.15, 0.2) is 5.76 Å². The molecule has 0 spiro atoms. The molecule has 2 rings (SSSR count). The topological polar surface area (TPSA) is 41.8 Å². The molecule has 0 fully saturated rings. The molecule has 0 bridgehead atoms. The van der Waals surface area contributed by atoms with E-state index >= 15 is 0 Å². The van der Waals surface area contributed by atoms with Crippen LogP contribution >= 0.6 is 0 Å². The Bertz CT molecular complexity index is 335. The van der Waals surface area contributed by atoms with E-state index in [-0.39, 0.29) is 0 Å². The lowest BCUT2D eigenvalue weighted by atomic mass is 10.3. The number of hydrogen-bond donors (Lipinski definition) is 1. The lowest BCUT2D eigenvalue weighted by molar-refractivity contribution is 0.580. The van der Waals surface area contributed by atoms with E-state index in [2.05, 4.69) is 10.2 Å². The number of nitrogens with one attached hydrogen (secondary N) is 1. The third-order valence-corrected chi connectivity index (χ3v) is 1.48. The van der Waals surface area contributed by atoms with Gasteiger partial charge in [0.1, 0.15) is 5.69 Å². The van der Waals surface area contributed by atoms with Crippen molar-refractivity contribution in [2.45, 2.75) is 20.8 Å². The number of furan rings is 1. The van der Waals surface area contributed by atoms with Crippen molar-refractivity contribution in [3.05, 3.63) is 30.2 Å². The van der Waals surface area contributed by atoms with Crippen molar-refractivity contribution >= 4 is 0 Å². The maximum Gasteiger partial charge on any atom is 0.154 e. The van der Waals surface area contributed by atoms with Crippen LogP contribution in [0.2, 0.25) is 0 Å². The molecule has 0 aliphatic carbocycles. The molecule has 3 heteroatoms. The zero-order valence-electron chi connectivity index (χ0n) is 8.16. The Labute approximate surface area is 77.8 Å². The van der Waals surface area contributed by atoms with Gasteiger partial charge in [0.25, 0.3) is 0 Å². The van der Waals surface area contributed by atoms with Gasteiger partial charge < -0.3 is 4.42 Å². The summed E-state index contributed by atoms with van der Waals surface area (Å²) in [6, 6.07) is 5.67. The first kappa shape index (κ1) is 9.58. The van der Waals surface area contributed by atoms with Gasteiger partial charge in [0.05, 0.1) is 6.26 Å². The predicted octanol–water partition coefficient (Wildman–Crippen LogP) is 3.00. The molecule has 13 heavy (non-hydrogen) atoms. The smallest absolute Gasteiger partial charge is 0.154 e. The largest absolute Gasteiger partial charge is 0.463 e. The minimum absolute atomic E-state index is 0.800. The number of rotatable bonds is 1. The SMILES string of the molecule is CC.Cc1cc(-c2ccco2)n[nH]1. The monoisotopic (exact) mass is 178 g/mol. The predicted molar refractivity (Wildman–Crippen MR) is 52.4 cm³/mol. The van der Waals surface area contributed by atoms with Gasteiger partial charge in [-0.15, -0.1) is 0 Å². The molecule has 0 saturated carbocycles. The van der Waals surface area contributed by atoms with Gasteiger partial charge in [-0.3, -0.25) is 5.10 Å². The second kappa shape index (κ2) is 4.50. The standard InChI is InChI=1S/C8H8N2O.C2H6/c1-6-5-7(10-9-6)8-3-2-4-11-8;1-2/h2-5H,1H3,(H,9,10);1-2H3. The first-order valence-electron chi connectivity index (χ1n) is 4.42. The van der Waals surface area contributed by atoms with Crippen molar-refractivity contribution in [1.82, 2.24) is 10.2 Å². The molecule has 0 saturated heterocycles. The van der Waals surface area contributed by atoms with Gasteiger partial charge in [-0.25, -0.2) is 0 Å². The third-order valence-electron chi connectivity index (χ3n) is 1.48. The number of nitrogens with zero attached hydrogens (tertiary/aromatic N) is 1. The third kappa shape index (κ3) is 2.21. The molecule has 0 radical (unpaired) electrons. The minimum atomic E-state index is 0.800. The van der Waals surface area contributed by atoms with Crippen molar-refractivity contribution in [2.75, 3.05) is 0 Å². The molecular weight excluding hydrogens is 164 g/mol. The van der Waals surface area contributed by atoms with E-state index in [1.807, 2.05) is 39.0 Å². The lowest BCUT2D eigenvalue weighted by Gasteiger charge is -1.83. The van der Waals surface area contributed by atoms with Crippen molar-refractivity contribution in [3.8, 4) is 11.5 Å². The van der Waals surface area contributed by atoms with Crippen LogP contribution in [0.1, 0.15) is 19.5 Å². The van der Waals surface area contributed by atoms with Crippen molar-refractivity contribution < 1.29 is 4.42 Å². The summed E-state index contributed by atoms with van der Waals surface area (Å²) in [6.07, 6.45) is 1.64. The van der Waals surface area contributed by atoms with E-state index < -0.39 is 0 Å².